The highest BCUT2D eigenvalue weighted by Crippen LogP contribution is 2.24. The highest BCUT2D eigenvalue weighted by Gasteiger charge is 2.22. The van der Waals surface area contributed by atoms with E-state index in [2.05, 4.69) is 52.4 Å². The summed E-state index contributed by atoms with van der Waals surface area (Å²) in [6.45, 7) is 4.96. The van der Waals surface area contributed by atoms with Crippen LogP contribution in [-0.2, 0) is 4.74 Å². The Kier molecular flexibility index (Phi) is 6.35. The first kappa shape index (κ1) is 15.0. The molecular formula is C16H24BrNO. The van der Waals surface area contributed by atoms with Gasteiger partial charge in [0, 0.05) is 30.3 Å². The summed E-state index contributed by atoms with van der Waals surface area (Å²) in [5.74, 6) is 0.561. The minimum Gasteiger partial charge on any atom is -0.381 e. The summed E-state index contributed by atoms with van der Waals surface area (Å²) >= 11 is 3.50. The lowest BCUT2D eigenvalue weighted by Crippen LogP contribution is -2.24. The van der Waals surface area contributed by atoms with Crippen molar-refractivity contribution in [2.24, 2.45) is 0 Å². The molecule has 0 bridgehead atoms. The molecule has 0 spiro atoms. The number of rotatable bonds is 9. The van der Waals surface area contributed by atoms with Crippen LogP contribution in [0.5, 0.6) is 0 Å². The third kappa shape index (κ3) is 5.64. The number of hydrogen-bond acceptors (Lipinski definition) is 2. The maximum absolute atomic E-state index is 5.64. The predicted molar refractivity (Wildman–Crippen MR) is 83.6 cm³/mol. The monoisotopic (exact) mass is 325 g/mol. The van der Waals surface area contributed by atoms with Crippen LogP contribution in [0.1, 0.15) is 44.1 Å². The maximum Gasteiger partial charge on any atom is 0.0472 e. The molecule has 106 valence electrons. The molecular weight excluding hydrogens is 302 g/mol. The molecule has 1 aromatic rings. The Hall–Kier alpha value is -0.380. The van der Waals surface area contributed by atoms with Crippen molar-refractivity contribution in [3.05, 3.63) is 34.3 Å². The van der Waals surface area contributed by atoms with Crippen LogP contribution >= 0.6 is 15.9 Å². The Labute approximate surface area is 125 Å². The van der Waals surface area contributed by atoms with Crippen molar-refractivity contribution in [1.29, 1.82) is 0 Å². The molecule has 1 atom stereocenters. The average Bonchev–Trinajstić information content (AvgIpc) is 3.23. The summed E-state index contributed by atoms with van der Waals surface area (Å²) in [4.78, 5) is 0. The first-order valence-electron chi connectivity index (χ1n) is 7.36. The van der Waals surface area contributed by atoms with Crippen molar-refractivity contribution in [3.63, 3.8) is 0 Å². The molecule has 0 heterocycles. The topological polar surface area (TPSA) is 21.3 Å². The average molecular weight is 326 g/mol. The second-order valence-electron chi connectivity index (χ2n) is 5.33. The van der Waals surface area contributed by atoms with Gasteiger partial charge >= 0.3 is 0 Å². The Bertz CT molecular complexity index is 362. The van der Waals surface area contributed by atoms with E-state index in [9.17, 15) is 0 Å². The zero-order valence-corrected chi connectivity index (χ0v) is 13.3. The second kappa shape index (κ2) is 8.03. The minimum atomic E-state index is 0.561. The van der Waals surface area contributed by atoms with E-state index >= 15 is 0 Å². The summed E-state index contributed by atoms with van der Waals surface area (Å²) in [5.41, 5.74) is 1.41. The molecule has 2 rings (SSSR count). The van der Waals surface area contributed by atoms with Crippen LogP contribution in [0.3, 0.4) is 0 Å². The highest BCUT2D eigenvalue weighted by atomic mass is 79.9. The van der Waals surface area contributed by atoms with E-state index in [-0.39, 0.29) is 0 Å². The van der Waals surface area contributed by atoms with Gasteiger partial charge in [0.1, 0.15) is 0 Å². The first-order chi connectivity index (χ1) is 9.29. The van der Waals surface area contributed by atoms with Crippen molar-refractivity contribution < 1.29 is 4.74 Å². The van der Waals surface area contributed by atoms with Crippen molar-refractivity contribution in [3.8, 4) is 0 Å². The normalized spacial score (nSPS) is 16.5. The Morgan fingerprint density at radius 2 is 2.00 bits per heavy atom. The Morgan fingerprint density at radius 3 is 2.63 bits per heavy atom. The molecule has 1 aliphatic carbocycles. The van der Waals surface area contributed by atoms with Gasteiger partial charge in [0.05, 0.1) is 0 Å². The van der Waals surface area contributed by atoms with E-state index in [1.807, 2.05) is 0 Å². The summed E-state index contributed by atoms with van der Waals surface area (Å²) in [7, 11) is 0. The minimum absolute atomic E-state index is 0.561. The number of benzene rings is 1. The molecule has 1 aliphatic rings. The van der Waals surface area contributed by atoms with Gasteiger partial charge in [-0.25, -0.2) is 0 Å². The fourth-order valence-electron chi connectivity index (χ4n) is 2.19. The second-order valence-corrected chi connectivity index (χ2v) is 6.25. The number of nitrogens with one attached hydrogen (secondary N) is 1. The molecule has 19 heavy (non-hydrogen) atoms. The van der Waals surface area contributed by atoms with Crippen molar-refractivity contribution in [2.75, 3.05) is 19.8 Å². The standard InChI is InChI=1S/C16H24BrNO/c1-2-10-19-11-9-14(12-18-16-7-8-16)13-3-5-15(17)6-4-13/h3-6,14,16,18H,2,7-12H2,1H3. The number of hydrogen-bond donors (Lipinski definition) is 1. The molecule has 2 nitrogen and oxygen atoms in total. The number of ether oxygens (including phenoxy) is 1. The van der Waals surface area contributed by atoms with Crippen LogP contribution in [0.4, 0.5) is 0 Å². The zero-order chi connectivity index (χ0) is 13.5. The van der Waals surface area contributed by atoms with Gasteiger partial charge in [-0.1, -0.05) is 35.0 Å². The van der Waals surface area contributed by atoms with Crippen molar-refractivity contribution in [1.82, 2.24) is 5.32 Å². The Morgan fingerprint density at radius 1 is 1.26 bits per heavy atom. The summed E-state index contributed by atoms with van der Waals surface area (Å²) < 4.78 is 6.79. The van der Waals surface area contributed by atoms with Crippen LogP contribution in [0.15, 0.2) is 28.7 Å². The van der Waals surface area contributed by atoms with E-state index in [1.165, 1.54) is 18.4 Å². The van der Waals surface area contributed by atoms with Crippen LogP contribution < -0.4 is 5.32 Å². The van der Waals surface area contributed by atoms with E-state index in [1.54, 1.807) is 0 Å². The summed E-state index contributed by atoms with van der Waals surface area (Å²) in [6, 6.07) is 9.49. The summed E-state index contributed by atoms with van der Waals surface area (Å²) in [6.07, 6.45) is 4.89. The van der Waals surface area contributed by atoms with Crippen molar-refractivity contribution >= 4 is 15.9 Å². The van der Waals surface area contributed by atoms with E-state index in [4.69, 9.17) is 4.74 Å². The fraction of sp³-hybridized carbons (Fsp3) is 0.625. The van der Waals surface area contributed by atoms with Crippen LogP contribution in [-0.4, -0.2) is 25.8 Å². The van der Waals surface area contributed by atoms with Gasteiger partial charge in [-0.3, -0.25) is 0 Å². The lowest BCUT2D eigenvalue weighted by Gasteiger charge is -2.18. The van der Waals surface area contributed by atoms with Crippen LogP contribution in [0.25, 0.3) is 0 Å². The quantitative estimate of drug-likeness (QED) is 0.690. The SMILES string of the molecule is CCCOCCC(CNC1CC1)c1ccc(Br)cc1. The molecule has 3 heteroatoms. The maximum atomic E-state index is 5.64. The van der Waals surface area contributed by atoms with E-state index in [0.29, 0.717) is 5.92 Å². The molecule has 1 fully saturated rings. The highest BCUT2D eigenvalue weighted by molar-refractivity contribution is 9.10. The molecule has 0 aliphatic heterocycles. The van der Waals surface area contributed by atoms with Gasteiger partial charge in [-0.15, -0.1) is 0 Å². The van der Waals surface area contributed by atoms with E-state index < -0.39 is 0 Å². The van der Waals surface area contributed by atoms with Crippen molar-refractivity contribution in [2.45, 2.75) is 44.6 Å². The molecule has 1 N–H and O–H groups in total. The molecule has 1 aromatic carbocycles. The van der Waals surface area contributed by atoms with Gasteiger partial charge in [0.2, 0.25) is 0 Å². The molecule has 1 unspecified atom stereocenters. The molecule has 1 saturated carbocycles. The number of halogens is 1. The van der Waals surface area contributed by atoms with Gasteiger partial charge in [-0.2, -0.15) is 0 Å². The van der Waals surface area contributed by atoms with Gasteiger partial charge in [0.15, 0.2) is 0 Å². The van der Waals surface area contributed by atoms with Gasteiger partial charge in [-0.05, 0) is 49.3 Å². The van der Waals surface area contributed by atoms with Gasteiger partial charge < -0.3 is 10.1 Å². The molecule has 0 saturated heterocycles. The smallest absolute Gasteiger partial charge is 0.0472 e. The molecule has 0 aromatic heterocycles. The first-order valence-corrected chi connectivity index (χ1v) is 8.15. The molecule has 0 radical (unpaired) electrons. The predicted octanol–water partition coefficient (Wildman–Crippen LogP) is 4.10. The lowest BCUT2D eigenvalue weighted by atomic mass is 9.96. The molecule has 0 amide bonds. The lowest BCUT2D eigenvalue weighted by molar-refractivity contribution is 0.127. The van der Waals surface area contributed by atoms with Gasteiger partial charge in [0.25, 0.3) is 0 Å². The largest absolute Gasteiger partial charge is 0.381 e. The fourth-order valence-corrected chi connectivity index (χ4v) is 2.45. The summed E-state index contributed by atoms with van der Waals surface area (Å²) in [5, 5.41) is 3.64. The third-order valence-corrected chi connectivity index (χ3v) is 4.06. The van der Waals surface area contributed by atoms with E-state index in [0.717, 1.165) is 43.1 Å². The van der Waals surface area contributed by atoms with Crippen LogP contribution in [0.2, 0.25) is 0 Å². The third-order valence-electron chi connectivity index (χ3n) is 3.53. The van der Waals surface area contributed by atoms with Crippen LogP contribution in [0, 0.1) is 0 Å². The Balaban J connectivity index is 1.85. The zero-order valence-electron chi connectivity index (χ0n) is 11.7.